The number of aromatic nitrogens is 1. The first-order valence-electron chi connectivity index (χ1n) is 6.23. The Bertz CT molecular complexity index is 558. The molecule has 0 fully saturated rings. The quantitative estimate of drug-likeness (QED) is 0.897. The van der Waals surface area contributed by atoms with Gasteiger partial charge in [-0.3, -0.25) is 4.98 Å². The van der Waals surface area contributed by atoms with Crippen LogP contribution in [-0.2, 0) is 6.54 Å². The van der Waals surface area contributed by atoms with Crippen molar-refractivity contribution in [3.8, 4) is 16.9 Å². The van der Waals surface area contributed by atoms with E-state index in [0.717, 1.165) is 29.8 Å². The van der Waals surface area contributed by atoms with Crippen LogP contribution in [0, 0.1) is 5.82 Å². The molecular weight excluding hydrogens is 243 g/mol. The number of methoxy groups -OCH3 is 1. The summed E-state index contributed by atoms with van der Waals surface area (Å²) in [7, 11) is 1.46. The highest BCUT2D eigenvalue weighted by Crippen LogP contribution is 2.25. The third-order valence-corrected chi connectivity index (χ3v) is 2.86. The molecule has 0 unspecified atom stereocenters. The summed E-state index contributed by atoms with van der Waals surface area (Å²) in [6, 6.07) is 6.93. The Morgan fingerprint density at radius 2 is 2.05 bits per heavy atom. The van der Waals surface area contributed by atoms with Crippen molar-refractivity contribution >= 4 is 0 Å². The second kappa shape index (κ2) is 6.29. The van der Waals surface area contributed by atoms with Crippen LogP contribution in [0.2, 0.25) is 0 Å². The number of rotatable bonds is 5. The molecular formula is C15H17FN2O. The fraction of sp³-hybridized carbons (Fsp3) is 0.267. The molecule has 0 aliphatic rings. The zero-order chi connectivity index (χ0) is 13.7. The van der Waals surface area contributed by atoms with E-state index in [-0.39, 0.29) is 11.6 Å². The number of pyridine rings is 1. The van der Waals surface area contributed by atoms with Crippen molar-refractivity contribution in [2.45, 2.75) is 13.5 Å². The summed E-state index contributed by atoms with van der Waals surface area (Å²) in [4.78, 5) is 4.19. The summed E-state index contributed by atoms with van der Waals surface area (Å²) < 4.78 is 18.6. The van der Waals surface area contributed by atoms with E-state index in [0.29, 0.717) is 0 Å². The molecule has 19 heavy (non-hydrogen) atoms. The monoisotopic (exact) mass is 260 g/mol. The molecule has 1 aromatic carbocycles. The van der Waals surface area contributed by atoms with Crippen molar-refractivity contribution in [3.05, 3.63) is 48.0 Å². The highest BCUT2D eigenvalue weighted by Gasteiger charge is 2.06. The van der Waals surface area contributed by atoms with Gasteiger partial charge in [-0.25, -0.2) is 4.39 Å². The largest absolute Gasteiger partial charge is 0.494 e. The number of ether oxygens (including phenoxy) is 1. The second-order valence-corrected chi connectivity index (χ2v) is 4.21. The molecule has 0 spiro atoms. The fourth-order valence-corrected chi connectivity index (χ4v) is 1.86. The third-order valence-electron chi connectivity index (χ3n) is 2.86. The molecule has 0 saturated carbocycles. The number of nitrogens with zero attached hydrogens (tertiary/aromatic N) is 1. The number of halogens is 1. The van der Waals surface area contributed by atoms with Crippen LogP contribution in [0.3, 0.4) is 0 Å². The first kappa shape index (κ1) is 13.5. The highest BCUT2D eigenvalue weighted by atomic mass is 19.1. The van der Waals surface area contributed by atoms with Gasteiger partial charge >= 0.3 is 0 Å². The average Bonchev–Trinajstić information content (AvgIpc) is 2.45. The fourth-order valence-electron chi connectivity index (χ4n) is 1.86. The topological polar surface area (TPSA) is 34.2 Å². The Balaban J connectivity index is 2.28. The molecule has 4 heteroatoms. The Labute approximate surface area is 112 Å². The SMILES string of the molecule is CCNCc1cncc(-c2ccc(OC)c(F)c2)c1. The first-order valence-corrected chi connectivity index (χ1v) is 6.23. The van der Waals surface area contributed by atoms with Crippen molar-refractivity contribution in [2.24, 2.45) is 0 Å². The average molecular weight is 260 g/mol. The summed E-state index contributed by atoms with van der Waals surface area (Å²) >= 11 is 0. The molecule has 2 rings (SSSR count). The predicted molar refractivity (Wildman–Crippen MR) is 73.6 cm³/mol. The van der Waals surface area contributed by atoms with Crippen LogP contribution in [0.25, 0.3) is 11.1 Å². The minimum atomic E-state index is -0.364. The van der Waals surface area contributed by atoms with Crippen LogP contribution in [0.5, 0.6) is 5.75 Å². The van der Waals surface area contributed by atoms with Crippen LogP contribution in [0.1, 0.15) is 12.5 Å². The van der Waals surface area contributed by atoms with Crippen LogP contribution in [-0.4, -0.2) is 18.6 Å². The normalized spacial score (nSPS) is 10.5. The van der Waals surface area contributed by atoms with E-state index in [4.69, 9.17) is 4.74 Å². The van der Waals surface area contributed by atoms with Crippen LogP contribution >= 0.6 is 0 Å². The van der Waals surface area contributed by atoms with E-state index >= 15 is 0 Å². The molecule has 0 atom stereocenters. The lowest BCUT2D eigenvalue weighted by atomic mass is 10.1. The molecule has 0 amide bonds. The van der Waals surface area contributed by atoms with Gasteiger partial charge < -0.3 is 10.1 Å². The van der Waals surface area contributed by atoms with Crippen LogP contribution in [0.4, 0.5) is 4.39 Å². The molecule has 0 radical (unpaired) electrons. The molecule has 100 valence electrons. The lowest BCUT2D eigenvalue weighted by molar-refractivity contribution is 0.386. The van der Waals surface area contributed by atoms with Gasteiger partial charge in [-0.2, -0.15) is 0 Å². The maximum atomic E-state index is 13.7. The molecule has 0 bridgehead atoms. The van der Waals surface area contributed by atoms with E-state index in [1.165, 1.54) is 13.2 Å². The van der Waals surface area contributed by atoms with Gasteiger partial charge in [-0.05, 0) is 35.9 Å². The molecule has 3 nitrogen and oxygen atoms in total. The Hall–Kier alpha value is -1.94. The minimum absolute atomic E-state index is 0.250. The first-order chi connectivity index (χ1) is 9.24. The molecule has 1 heterocycles. The zero-order valence-corrected chi connectivity index (χ0v) is 11.1. The molecule has 1 N–H and O–H groups in total. The van der Waals surface area contributed by atoms with Gasteiger partial charge in [0.2, 0.25) is 0 Å². The smallest absolute Gasteiger partial charge is 0.165 e. The number of hydrogen-bond donors (Lipinski definition) is 1. The van der Waals surface area contributed by atoms with Crippen molar-refractivity contribution in [1.82, 2.24) is 10.3 Å². The van der Waals surface area contributed by atoms with Gasteiger partial charge in [-0.1, -0.05) is 13.0 Å². The van der Waals surface area contributed by atoms with Gasteiger partial charge in [0.25, 0.3) is 0 Å². The maximum Gasteiger partial charge on any atom is 0.165 e. The molecule has 1 aromatic heterocycles. The lowest BCUT2D eigenvalue weighted by Crippen LogP contribution is -2.11. The van der Waals surface area contributed by atoms with Crippen molar-refractivity contribution < 1.29 is 9.13 Å². The second-order valence-electron chi connectivity index (χ2n) is 4.21. The highest BCUT2D eigenvalue weighted by molar-refractivity contribution is 5.64. The Morgan fingerprint density at radius 3 is 2.74 bits per heavy atom. The van der Waals surface area contributed by atoms with E-state index < -0.39 is 0 Å². The van der Waals surface area contributed by atoms with Crippen LogP contribution in [0.15, 0.2) is 36.7 Å². The van der Waals surface area contributed by atoms with Crippen molar-refractivity contribution in [2.75, 3.05) is 13.7 Å². The summed E-state index contributed by atoms with van der Waals surface area (Å²) in [5.74, 6) is -0.113. The summed E-state index contributed by atoms with van der Waals surface area (Å²) in [5.41, 5.74) is 2.77. The Kier molecular flexibility index (Phi) is 4.47. The minimum Gasteiger partial charge on any atom is -0.494 e. The molecule has 2 aromatic rings. The van der Waals surface area contributed by atoms with E-state index in [1.807, 2.05) is 18.3 Å². The zero-order valence-electron chi connectivity index (χ0n) is 11.1. The van der Waals surface area contributed by atoms with E-state index in [9.17, 15) is 4.39 Å². The molecule has 0 saturated heterocycles. The number of benzene rings is 1. The predicted octanol–water partition coefficient (Wildman–Crippen LogP) is 3.01. The molecule has 0 aliphatic heterocycles. The summed E-state index contributed by atoms with van der Waals surface area (Å²) in [6.07, 6.45) is 3.54. The lowest BCUT2D eigenvalue weighted by Gasteiger charge is -2.07. The number of nitrogens with one attached hydrogen (secondary N) is 1. The standard InChI is InChI=1S/C15H17FN2O/c1-3-17-8-11-6-13(10-18-9-11)12-4-5-15(19-2)14(16)7-12/h4-7,9-10,17H,3,8H2,1-2H3. The van der Waals surface area contributed by atoms with Crippen molar-refractivity contribution in [1.29, 1.82) is 0 Å². The maximum absolute atomic E-state index is 13.7. The van der Waals surface area contributed by atoms with Gasteiger partial charge in [0.15, 0.2) is 11.6 Å². The van der Waals surface area contributed by atoms with Gasteiger partial charge in [0.05, 0.1) is 7.11 Å². The van der Waals surface area contributed by atoms with Gasteiger partial charge in [0.1, 0.15) is 0 Å². The summed E-state index contributed by atoms with van der Waals surface area (Å²) in [5, 5.41) is 3.24. The van der Waals surface area contributed by atoms with E-state index in [1.54, 1.807) is 12.3 Å². The number of hydrogen-bond acceptors (Lipinski definition) is 3. The molecule has 0 aliphatic carbocycles. The van der Waals surface area contributed by atoms with E-state index in [2.05, 4.69) is 17.2 Å². The van der Waals surface area contributed by atoms with Gasteiger partial charge in [-0.15, -0.1) is 0 Å². The van der Waals surface area contributed by atoms with Crippen LogP contribution < -0.4 is 10.1 Å². The summed E-state index contributed by atoms with van der Waals surface area (Å²) in [6.45, 7) is 3.72. The van der Waals surface area contributed by atoms with Gasteiger partial charge in [0, 0.05) is 24.5 Å². The third kappa shape index (κ3) is 3.29. The Morgan fingerprint density at radius 1 is 1.21 bits per heavy atom. The van der Waals surface area contributed by atoms with Crippen molar-refractivity contribution in [3.63, 3.8) is 0 Å².